The Morgan fingerprint density at radius 2 is 1.81 bits per heavy atom. The van der Waals surface area contributed by atoms with Gasteiger partial charge >= 0.3 is 0 Å². The van der Waals surface area contributed by atoms with E-state index in [0.29, 0.717) is 6.04 Å². The first-order chi connectivity index (χ1) is 9.83. The Labute approximate surface area is 129 Å². The topological polar surface area (TPSA) is 50.1 Å². The molecule has 0 amide bonds. The highest BCUT2D eigenvalue weighted by atomic mass is 15.0. The number of hydrogen-bond donors (Lipinski definition) is 3. The predicted octanol–water partition coefficient (Wildman–Crippen LogP) is 4.13. The first kappa shape index (κ1) is 16.2. The van der Waals surface area contributed by atoms with Gasteiger partial charge in [0, 0.05) is 29.5 Å². The number of aryl methyl sites for hydroxylation is 1. The molecule has 0 unspecified atom stereocenters. The summed E-state index contributed by atoms with van der Waals surface area (Å²) in [6, 6.07) is 7.03. The zero-order valence-corrected chi connectivity index (χ0v) is 14.0. The number of anilines is 2. The van der Waals surface area contributed by atoms with Crippen LogP contribution in [0.25, 0.3) is 0 Å². The van der Waals surface area contributed by atoms with E-state index in [2.05, 4.69) is 56.5 Å². The lowest BCUT2D eigenvalue weighted by molar-refractivity contribution is 0.339. The molecule has 1 saturated carbocycles. The fourth-order valence-electron chi connectivity index (χ4n) is 2.97. The van der Waals surface area contributed by atoms with E-state index < -0.39 is 0 Å². The number of benzene rings is 1. The third kappa shape index (κ3) is 5.24. The van der Waals surface area contributed by atoms with Crippen LogP contribution in [0.4, 0.5) is 11.4 Å². The summed E-state index contributed by atoms with van der Waals surface area (Å²) in [5, 5.41) is 7.14. The van der Waals surface area contributed by atoms with E-state index >= 15 is 0 Å². The zero-order chi connectivity index (χ0) is 15.5. The van der Waals surface area contributed by atoms with Crippen molar-refractivity contribution in [3.8, 4) is 0 Å². The SMILES string of the molecule is Cc1cc(NCC2CCC(N)CC2)ccc1NC(C)(C)C. The average Bonchev–Trinajstić information content (AvgIpc) is 2.40. The molecule has 118 valence electrons. The Morgan fingerprint density at radius 3 is 2.38 bits per heavy atom. The minimum atomic E-state index is 0.0978. The van der Waals surface area contributed by atoms with Gasteiger partial charge in [0.15, 0.2) is 0 Å². The van der Waals surface area contributed by atoms with Crippen LogP contribution in [-0.2, 0) is 0 Å². The molecule has 0 radical (unpaired) electrons. The minimum absolute atomic E-state index is 0.0978. The van der Waals surface area contributed by atoms with Gasteiger partial charge in [0.1, 0.15) is 0 Å². The summed E-state index contributed by atoms with van der Waals surface area (Å²) in [5.74, 6) is 0.775. The number of nitrogens with one attached hydrogen (secondary N) is 2. The summed E-state index contributed by atoms with van der Waals surface area (Å²) in [6.45, 7) is 9.79. The van der Waals surface area contributed by atoms with Crippen molar-refractivity contribution in [3.63, 3.8) is 0 Å². The van der Waals surface area contributed by atoms with Crippen molar-refractivity contribution in [2.75, 3.05) is 17.2 Å². The summed E-state index contributed by atoms with van der Waals surface area (Å²) in [7, 11) is 0. The van der Waals surface area contributed by atoms with Gasteiger partial charge in [-0.15, -0.1) is 0 Å². The third-order valence-corrected chi connectivity index (χ3v) is 4.22. The standard InChI is InChI=1S/C18H31N3/c1-13-11-16(9-10-17(13)21-18(2,3)4)20-12-14-5-7-15(19)8-6-14/h9-11,14-15,20-21H,5-8,12,19H2,1-4H3. The highest BCUT2D eigenvalue weighted by Gasteiger charge is 2.18. The molecule has 2 rings (SSSR count). The molecule has 4 N–H and O–H groups in total. The molecule has 0 spiro atoms. The monoisotopic (exact) mass is 289 g/mol. The van der Waals surface area contributed by atoms with Crippen LogP contribution in [0.1, 0.15) is 52.0 Å². The summed E-state index contributed by atoms with van der Waals surface area (Å²) in [6.07, 6.45) is 4.88. The molecule has 1 aromatic carbocycles. The maximum Gasteiger partial charge on any atom is 0.0375 e. The van der Waals surface area contributed by atoms with E-state index in [1.807, 2.05) is 0 Å². The molecule has 21 heavy (non-hydrogen) atoms. The van der Waals surface area contributed by atoms with Crippen molar-refractivity contribution >= 4 is 11.4 Å². The largest absolute Gasteiger partial charge is 0.385 e. The van der Waals surface area contributed by atoms with Crippen molar-refractivity contribution in [2.24, 2.45) is 11.7 Å². The van der Waals surface area contributed by atoms with E-state index in [1.54, 1.807) is 0 Å². The molecule has 1 aromatic rings. The van der Waals surface area contributed by atoms with E-state index in [4.69, 9.17) is 5.73 Å². The molecule has 1 aliphatic rings. The van der Waals surface area contributed by atoms with Crippen LogP contribution in [0, 0.1) is 12.8 Å². The molecule has 0 aromatic heterocycles. The van der Waals surface area contributed by atoms with Crippen molar-refractivity contribution < 1.29 is 0 Å². The summed E-state index contributed by atoms with van der Waals surface area (Å²) < 4.78 is 0. The Balaban J connectivity index is 1.88. The number of rotatable bonds is 4. The van der Waals surface area contributed by atoms with E-state index in [-0.39, 0.29) is 5.54 Å². The van der Waals surface area contributed by atoms with Crippen LogP contribution in [0.3, 0.4) is 0 Å². The molecule has 1 aliphatic carbocycles. The number of hydrogen-bond acceptors (Lipinski definition) is 3. The second-order valence-corrected chi connectivity index (χ2v) is 7.57. The minimum Gasteiger partial charge on any atom is -0.385 e. The summed E-state index contributed by atoms with van der Waals surface area (Å²) in [5.41, 5.74) is 9.80. The van der Waals surface area contributed by atoms with Gasteiger partial charge in [-0.1, -0.05) is 0 Å². The molecular weight excluding hydrogens is 258 g/mol. The highest BCUT2D eigenvalue weighted by Crippen LogP contribution is 2.26. The Kier molecular flexibility index (Phi) is 5.15. The van der Waals surface area contributed by atoms with Crippen molar-refractivity contribution in [1.82, 2.24) is 0 Å². The van der Waals surface area contributed by atoms with Gasteiger partial charge in [0.2, 0.25) is 0 Å². The van der Waals surface area contributed by atoms with E-state index in [0.717, 1.165) is 12.5 Å². The van der Waals surface area contributed by atoms with E-state index in [1.165, 1.54) is 42.6 Å². The van der Waals surface area contributed by atoms with Gasteiger partial charge < -0.3 is 16.4 Å². The summed E-state index contributed by atoms with van der Waals surface area (Å²) >= 11 is 0. The lowest BCUT2D eigenvalue weighted by Gasteiger charge is -2.27. The van der Waals surface area contributed by atoms with Crippen molar-refractivity contribution in [1.29, 1.82) is 0 Å². The van der Waals surface area contributed by atoms with Gasteiger partial charge in [-0.3, -0.25) is 0 Å². The fraction of sp³-hybridized carbons (Fsp3) is 0.667. The first-order valence-electron chi connectivity index (χ1n) is 8.22. The Hall–Kier alpha value is -1.22. The van der Waals surface area contributed by atoms with Gasteiger partial charge in [0.25, 0.3) is 0 Å². The Bertz CT molecular complexity index is 454. The zero-order valence-electron chi connectivity index (χ0n) is 14.0. The molecule has 0 bridgehead atoms. The van der Waals surface area contributed by atoms with Crippen LogP contribution < -0.4 is 16.4 Å². The molecule has 1 fully saturated rings. The average molecular weight is 289 g/mol. The molecular formula is C18H31N3. The maximum atomic E-state index is 5.96. The molecule has 0 atom stereocenters. The number of nitrogens with two attached hydrogens (primary N) is 1. The second kappa shape index (κ2) is 6.69. The molecule has 3 heteroatoms. The van der Waals surface area contributed by atoms with Gasteiger partial charge in [-0.2, -0.15) is 0 Å². The van der Waals surface area contributed by atoms with Crippen molar-refractivity contribution in [2.45, 2.75) is 65.0 Å². The van der Waals surface area contributed by atoms with Crippen LogP contribution in [0.5, 0.6) is 0 Å². The fourth-order valence-corrected chi connectivity index (χ4v) is 2.97. The predicted molar refractivity (Wildman–Crippen MR) is 93.0 cm³/mol. The Morgan fingerprint density at radius 1 is 1.14 bits per heavy atom. The second-order valence-electron chi connectivity index (χ2n) is 7.57. The first-order valence-corrected chi connectivity index (χ1v) is 8.22. The highest BCUT2D eigenvalue weighted by molar-refractivity contribution is 5.60. The maximum absolute atomic E-state index is 5.96. The smallest absolute Gasteiger partial charge is 0.0375 e. The lowest BCUT2D eigenvalue weighted by atomic mass is 9.86. The summed E-state index contributed by atoms with van der Waals surface area (Å²) in [4.78, 5) is 0. The van der Waals surface area contributed by atoms with Crippen LogP contribution in [-0.4, -0.2) is 18.1 Å². The van der Waals surface area contributed by atoms with Gasteiger partial charge in [-0.05, 0) is 83.1 Å². The van der Waals surface area contributed by atoms with Crippen LogP contribution >= 0.6 is 0 Å². The van der Waals surface area contributed by atoms with Crippen LogP contribution in [0.2, 0.25) is 0 Å². The van der Waals surface area contributed by atoms with Crippen molar-refractivity contribution in [3.05, 3.63) is 23.8 Å². The van der Waals surface area contributed by atoms with Crippen LogP contribution in [0.15, 0.2) is 18.2 Å². The van der Waals surface area contributed by atoms with Gasteiger partial charge in [0.05, 0.1) is 0 Å². The molecule has 3 nitrogen and oxygen atoms in total. The lowest BCUT2D eigenvalue weighted by Crippen LogP contribution is -2.29. The molecule has 0 aliphatic heterocycles. The molecule has 0 saturated heterocycles. The third-order valence-electron chi connectivity index (χ3n) is 4.22. The van der Waals surface area contributed by atoms with E-state index in [9.17, 15) is 0 Å². The van der Waals surface area contributed by atoms with Gasteiger partial charge in [-0.25, -0.2) is 0 Å². The normalized spacial score (nSPS) is 22.9. The quantitative estimate of drug-likeness (QED) is 0.781. The molecule has 0 heterocycles.